The number of H-pyrrole nitrogens is 1. The van der Waals surface area contributed by atoms with E-state index in [1.165, 1.54) is 0 Å². The minimum absolute atomic E-state index is 0.107. The lowest BCUT2D eigenvalue weighted by Crippen LogP contribution is -2.42. The summed E-state index contributed by atoms with van der Waals surface area (Å²) in [4.78, 5) is 12.9. The number of anilines is 2. The zero-order valence-corrected chi connectivity index (χ0v) is 13.1. The minimum Gasteiger partial charge on any atom is -0.393 e. The maximum atomic E-state index is 9.68. The minimum atomic E-state index is -0.215. The Bertz CT molecular complexity index is 829. The van der Waals surface area contributed by atoms with E-state index < -0.39 is 0 Å². The molecule has 3 heterocycles. The summed E-state index contributed by atoms with van der Waals surface area (Å²) in [6, 6.07) is 5.99. The van der Waals surface area contributed by atoms with Gasteiger partial charge in [-0.05, 0) is 30.9 Å². The second-order valence-electron chi connectivity index (χ2n) is 6.22. The number of hydrogen-bond donors (Lipinski definition) is 4. The second kappa shape index (κ2) is 6.04. The van der Waals surface area contributed by atoms with Gasteiger partial charge in [0.05, 0.1) is 17.7 Å². The Morgan fingerprint density at radius 1 is 1.33 bits per heavy atom. The number of nitrogens with zero attached hydrogens (tertiary/aromatic N) is 4. The van der Waals surface area contributed by atoms with E-state index in [9.17, 15) is 5.11 Å². The number of rotatable bonds is 5. The molecular formula is C16H19N7O. The number of fused-ring (bicyclic) bond motifs is 1. The zero-order chi connectivity index (χ0) is 16.5. The van der Waals surface area contributed by atoms with E-state index in [1.807, 2.05) is 18.2 Å². The van der Waals surface area contributed by atoms with Crippen molar-refractivity contribution in [1.29, 1.82) is 0 Å². The summed E-state index contributed by atoms with van der Waals surface area (Å²) < 4.78 is 0. The molecule has 0 radical (unpaired) electrons. The molecule has 0 aliphatic heterocycles. The van der Waals surface area contributed by atoms with Crippen LogP contribution in [0.3, 0.4) is 0 Å². The molecule has 5 N–H and O–H groups in total. The summed E-state index contributed by atoms with van der Waals surface area (Å²) in [6.45, 7) is 0. The van der Waals surface area contributed by atoms with Crippen molar-refractivity contribution in [2.45, 2.75) is 31.4 Å². The number of nitrogens with two attached hydrogens (primary N) is 1. The van der Waals surface area contributed by atoms with Gasteiger partial charge in [-0.2, -0.15) is 15.1 Å². The molecule has 0 saturated heterocycles. The van der Waals surface area contributed by atoms with Crippen LogP contribution in [0.25, 0.3) is 11.0 Å². The van der Waals surface area contributed by atoms with Crippen molar-refractivity contribution in [3.05, 3.63) is 36.3 Å². The van der Waals surface area contributed by atoms with Gasteiger partial charge in [0.1, 0.15) is 5.82 Å². The highest BCUT2D eigenvalue weighted by Gasteiger charge is 2.34. The Kier molecular flexibility index (Phi) is 3.73. The van der Waals surface area contributed by atoms with Gasteiger partial charge >= 0.3 is 0 Å². The molecule has 4 rings (SSSR count). The smallest absolute Gasteiger partial charge is 0.224 e. The first kappa shape index (κ1) is 14.8. The third kappa shape index (κ3) is 2.88. The molecule has 1 aliphatic carbocycles. The van der Waals surface area contributed by atoms with Gasteiger partial charge in [-0.3, -0.25) is 10.1 Å². The van der Waals surface area contributed by atoms with Crippen molar-refractivity contribution in [3.8, 4) is 0 Å². The highest BCUT2D eigenvalue weighted by molar-refractivity contribution is 5.86. The Hall–Kier alpha value is -2.74. The van der Waals surface area contributed by atoms with Gasteiger partial charge < -0.3 is 16.2 Å². The Morgan fingerprint density at radius 2 is 2.21 bits per heavy atom. The van der Waals surface area contributed by atoms with Gasteiger partial charge in [-0.1, -0.05) is 6.07 Å². The van der Waals surface area contributed by atoms with E-state index >= 15 is 0 Å². The summed E-state index contributed by atoms with van der Waals surface area (Å²) in [5, 5.41) is 20.8. The van der Waals surface area contributed by atoms with Gasteiger partial charge in [0, 0.05) is 24.4 Å². The fourth-order valence-electron chi connectivity index (χ4n) is 3.18. The average molecular weight is 325 g/mol. The monoisotopic (exact) mass is 325 g/mol. The van der Waals surface area contributed by atoms with E-state index in [-0.39, 0.29) is 18.1 Å². The Balaban J connectivity index is 1.62. The number of aliphatic hydroxyl groups is 1. The van der Waals surface area contributed by atoms with Crippen LogP contribution in [0.4, 0.5) is 11.8 Å². The fraction of sp³-hybridized carbons (Fsp3) is 0.375. The summed E-state index contributed by atoms with van der Waals surface area (Å²) in [5.74, 6) is 1.22. The second-order valence-corrected chi connectivity index (χ2v) is 6.22. The number of nitrogen functional groups attached to an aromatic ring is 1. The molecule has 1 atom stereocenters. The van der Waals surface area contributed by atoms with E-state index in [4.69, 9.17) is 5.73 Å². The highest BCUT2D eigenvalue weighted by atomic mass is 16.3. The van der Waals surface area contributed by atoms with Crippen LogP contribution in [-0.2, 0) is 6.42 Å². The van der Waals surface area contributed by atoms with Crippen LogP contribution in [-0.4, -0.2) is 42.4 Å². The first-order valence-electron chi connectivity index (χ1n) is 8.00. The van der Waals surface area contributed by atoms with E-state index in [2.05, 4.69) is 30.5 Å². The van der Waals surface area contributed by atoms with Crippen molar-refractivity contribution in [1.82, 2.24) is 25.1 Å². The quantitative estimate of drug-likeness (QED) is 0.554. The summed E-state index contributed by atoms with van der Waals surface area (Å²) in [6.07, 6.45) is 5.57. The van der Waals surface area contributed by atoms with Gasteiger partial charge in [-0.15, -0.1) is 0 Å². The first-order chi connectivity index (χ1) is 11.7. The van der Waals surface area contributed by atoms with Crippen LogP contribution in [0.1, 0.15) is 18.5 Å². The van der Waals surface area contributed by atoms with Crippen LogP contribution in [0.15, 0.2) is 30.6 Å². The fourth-order valence-corrected chi connectivity index (χ4v) is 3.18. The zero-order valence-electron chi connectivity index (χ0n) is 13.1. The molecule has 0 amide bonds. The van der Waals surface area contributed by atoms with Gasteiger partial charge in [0.15, 0.2) is 5.65 Å². The summed E-state index contributed by atoms with van der Waals surface area (Å²) in [7, 11) is 0. The lowest BCUT2D eigenvalue weighted by Gasteiger charge is -2.38. The Labute approximate surface area is 138 Å². The molecule has 1 saturated carbocycles. The number of pyridine rings is 1. The molecule has 3 aromatic heterocycles. The van der Waals surface area contributed by atoms with Crippen LogP contribution in [0.2, 0.25) is 0 Å². The van der Waals surface area contributed by atoms with Crippen LogP contribution < -0.4 is 11.1 Å². The van der Waals surface area contributed by atoms with Crippen molar-refractivity contribution in [3.63, 3.8) is 0 Å². The van der Waals surface area contributed by atoms with Gasteiger partial charge in [-0.25, -0.2) is 0 Å². The van der Waals surface area contributed by atoms with Crippen LogP contribution in [0, 0.1) is 5.92 Å². The van der Waals surface area contributed by atoms with Crippen LogP contribution >= 0.6 is 0 Å². The number of hydrogen-bond acceptors (Lipinski definition) is 7. The molecule has 3 aromatic rings. The number of aromatic nitrogens is 5. The molecule has 8 nitrogen and oxygen atoms in total. The number of aromatic amines is 1. The highest BCUT2D eigenvalue weighted by Crippen LogP contribution is 2.34. The summed E-state index contributed by atoms with van der Waals surface area (Å²) >= 11 is 0. The van der Waals surface area contributed by atoms with E-state index in [0.717, 1.165) is 30.3 Å². The standard InChI is InChI=1S/C16H19N7O/c17-16-21-14(12-8-19-23-15(12)22-16)20-13(9-5-11(24)6-9)7-10-3-1-2-4-18-10/h1-4,8-9,11,13,24H,5-7H2,(H4,17,19,20,21,22,23)/t9?,11?,13-/m0/s1. The molecule has 0 bridgehead atoms. The topological polar surface area (TPSA) is 126 Å². The molecule has 0 aromatic carbocycles. The molecule has 24 heavy (non-hydrogen) atoms. The van der Waals surface area contributed by atoms with Crippen molar-refractivity contribution in [2.75, 3.05) is 11.1 Å². The molecule has 1 aliphatic rings. The molecule has 0 spiro atoms. The van der Waals surface area contributed by atoms with Gasteiger partial charge in [0.2, 0.25) is 5.95 Å². The van der Waals surface area contributed by atoms with Gasteiger partial charge in [0.25, 0.3) is 0 Å². The number of nitrogens with one attached hydrogen (secondary N) is 2. The predicted molar refractivity (Wildman–Crippen MR) is 90.2 cm³/mol. The van der Waals surface area contributed by atoms with Crippen molar-refractivity contribution in [2.24, 2.45) is 5.92 Å². The molecule has 124 valence electrons. The lowest BCUT2D eigenvalue weighted by molar-refractivity contribution is 0.0341. The van der Waals surface area contributed by atoms with Crippen molar-refractivity contribution >= 4 is 22.8 Å². The first-order valence-corrected chi connectivity index (χ1v) is 8.00. The third-order valence-electron chi connectivity index (χ3n) is 4.52. The molecule has 0 unspecified atom stereocenters. The molecular weight excluding hydrogens is 306 g/mol. The lowest BCUT2D eigenvalue weighted by atomic mass is 9.76. The third-order valence-corrected chi connectivity index (χ3v) is 4.52. The SMILES string of the molecule is Nc1nc(N[C@@H](Cc2ccccn2)C2CC(O)C2)c2cn[nH]c2n1. The maximum absolute atomic E-state index is 9.68. The largest absolute Gasteiger partial charge is 0.393 e. The summed E-state index contributed by atoms with van der Waals surface area (Å²) in [5.41, 5.74) is 7.40. The molecule has 8 heteroatoms. The maximum Gasteiger partial charge on any atom is 0.224 e. The molecule has 1 fully saturated rings. The predicted octanol–water partition coefficient (Wildman–Crippen LogP) is 1.12. The Morgan fingerprint density at radius 3 is 2.96 bits per heavy atom. The number of aliphatic hydroxyl groups excluding tert-OH is 1. The van der Waals surface area contributed by atoms with Crippen molar-refractivity contribution < 1.29 is 5.11 Å². The van der Waals surface area contributed by atoms with E-state index in [0.29, 0.717) is 17.4 Å². The average Bonchev–Trinajstić information content (AvgIpc) is 3.00. The van der Waals surface area contributed by atoms with E-state index in [1.54, 1.807) is 12.4 Å². The van der Waals surface area contributed by atoms with Crippen LogP contribution in [0.5, 0.6) is 0 Å². The normalized spacial score (nSPS) is 21.4.